The molecule has 0 aromatic rings. The first-order chi connectivity index (χ1) is 7.21. The van der Waals surface area contributed by atoms with Crippen LogP contribution < -0.4 is 0 Å². The number of aliphatic hydroxyl groups excluding tert-OH is 2. The van der Waals surface area contributed by atoms with Gasteiger partial charge in [-0.2, -0.15) is 13.2 Å². The molecule has 1 aliphatic heterocycles. The minimum Gasteiger partial charge on any atom is -0.394 e. The quantitative estimate of drug-likeness (QED) is 0.589. The zero-order valence-electron chi connectivity index (χ0n) is 8.48. The number of rotatable bonds is 1. The first kappa shape index (κ1) is 13.3. The summed E-state index contributed by atoms with van der Waals surface area (Å²) in [6, 6.07) is -1.31. The van der Waals surface area contributed by atoms with Crippen LogP contribution in [-0.2, 0) is 4.79 Å². The highest BCUT2D eigenvalue weighted by atomic mass is 19.4. The maximum atomic E-state index is 12.2. The Kier molecular flexibility index (Phi) is 3.54. The molecule has 0 aliphatic carbocycles. The minimum atomic E-state index is -5.06. The largest absolute Gasteiger partial charge is 0.471 e. The first-order valence-corrected chi connectivity index (χ1v) is 4.65. The average molecular weight is 237 g/mol. The second-order valence-corrected chi connectivity index (χ2v) is 3.80. The number of amides is 1. The van der Waals surface area contributed by atoms with Crippen molar-refractivity contribution in [2.24, 2.45) is 5.92 Å². The molecule has 1 heterocycles. The van der Waals surface area contributed by atoms with E-state index in [1.165, 1.54) is 6.92 Å². The second kappa shape index (κ2) is 4.25. The molecule has 0 bridgehead atoms. The van der Waals surface area contributed by atoms with Crippen LogP contribution in [0.1, 0.15) is 6.92 Å². The topological polar surface area (TPSA) is 60.8 Å². The Morgan fingerprint density at radius 3 is 2.38 bits per heavy atom. The van der Waals surface area contributed by atoms with E-state index in [9.17, 15) is 23.1 Å². The summed E-state index contributed by atoms with van der Waals surface area (Å²) in [5.41, 5.74) is 0. The molecular formula is C8H11BF3NO3. The van der Waals surface area contributed by atoms with Gasteiger partial charge in [0.2, 0.25) is 0 Å². The van der Waals surface area contributed by atoms with Crippen molar-refractivity contribution in [1.82, 2.24) is 4.90 Å². The molecule has 0 saturated carbocycles. The molecule has 1 aliphatic rings. The van der Waals surface area contributed by atoms with Gasteiger partial charge in [0.15, 0.2) is 0 Å². The van der Waals surface area contributed by atoms with E-state index in [1.54, 1.807) is 0 Å². The van der Waals surface area contributed by atoms with Crippen molar-refractivity contribution in [2.45, 2.75) is 31.2 Å². The van der Waals surface area contributed by atoms with Crippen LogP contribution in [0.25, 0.3) is 0 Å². The van der Waals surface area contributed by atoms with Crippen LogP contribution in [0.5, 0.6) is 0 Å². The molecule has 1 fully saturated rings. The maximum Gasteiger partial charge on any atom is 0.471 e. The van der Waals surface area contributed by atoms with Gasteiger partial charge in [0.1, 0.15) is 0 Å². The minimum absolute atomic E-state index is 0.301. The predicted molar refractivity (Wildman–Crippen MR) is 48.5 cm³/mol. The van der Waals surface area contributed by atoms with Crippen LogP contribution in [0, 0.1) is 5.92 Å². The van der Waals surface area contributed by atoms with E-state index in [4.69, 9.17) is 13.0 Å². The highest BCUT2D eigenvalue weighted by molar-refractivity contribution is 6.13. The fourth-order valence-corrected chi connectivity index (χ4v) is 1.82. The normalized spacial score (nSPS) is 35.5. The highest BCUT2D eigenvalue weighted by Crippen LogP contribution is 2.32. The number of hydrogen-bond acceptors (Lipinski definition) is 3. The van der Waals surface area contributed by atoms with Crippen LogP contribution in [0.2, 0.25) is 0 Å². The van der Waals surface area contributed by atoms with Crippen molar-refractivity contribution in [1.29, 1.82) is 0 Å². The van der Waals surface area contributed by atoms with E-state index >= 15 is 0 Å². The van der Waals surface area contributed by atoms with Crippen LogP contribution in [0.4, 0.5) is 13.2 Å². The van der Waals surface area contributed by atoms with Crippen molar-refractivity contribution in [3.63, 3.8) is 0 Å². The van der Waals surface area contributed by atoms with Crippen LogP contribution in [-0.4, -0.2) is 59.7 Å². The van der Waals surface area contributed by atoms with Gasteiger partial charge in [-0.3, -0.25) is 4.79 Å². The number of likely N-dealkylation sites (tertiary alicyclic amines) is 1. The number of aliphatic hydroxyl groups is 2. The number of hydrogen-bond donors (Lipinski definition) is 2. The van der Waals surface area contributed by atoms with Crippen molar-refractivity contribution >= 4 is 13.8 Å². The Morgan fingerprint density at radius 1 is 1.50 bits per heavy atom. The fraction of sp³-hybridized carbons (Fsp3) is 0.875. The zero-order valence-corrected chi connectivity index (χ0v) is 8.48. The molecule has 1 amide bonds. The van der Waals surface area contributed by atoms with E-state index in [2.05, 4.69) is 0 Å². The molecule has 0 unspecified atom stereocenters. The summed E-state index contributed by atoms with van der Waals surface area (Å²) in [5.74, 6) is -4.10. The Morgan fingerprint density at radius 2 is 2.00 bits per heavy atom. The molecule has 90 valence electrons. The van der Waals surface area contributed by atoms with Crippen molar-refractivity contribution in [3.8, 4) is 0 Å². The van der Waals surface area contributed by atoms with E-state index in [0.717, 1.165) is 0 Å². The van der Waals surface area contributed by atoms with E-state index < -0.39 is 42.7 Å². The van der Waals surface area contributed by atoms with Gasteiger partial charge in [-0.25, -0.2) is 0 Å². The van der Waals surface area contributed by atoms with Gasteiger partial charge in [0.05, 0.1) is 26.6 Å². The lowest BCUT2D eigenvalue weighted by Gasteiger charge is -2.29. The lowest BCUT2D eigenvalue weighted by Crippen LogP contribution is -2.51. The molecule has 0 aromatic heterocycles. The summed E-state index contributed by atoms with van der Waals surface area (Å²) in [4.78, 5) is 11.3. The van der Waals surface area contributed by atoms with Gasteiger partial charge < -0.3 is 15.1 Å². The van der Waals surface area contributed by atoms with Crippen molar-refractivity contribution in [3.05, 3.63) is 0 Å². The molecule has 2 N–H and O–H groups in total. The Balaban J connectivity index is 2.98. The predicted octanol–water partition coefficient (Wildman–Crippen LogP) is -0.757. The molecular weight excluding hydrogens is 226 g/mol. The monoisotopic (exact) mass is 237 g/mol. The number of carbonyl (C=O) groups is 1. The number of nitrogens with zero attached hydrogens (tertiary/aromatic N) is 1. The third-order valence-corrected chi connectivity index (χ3v) is 2.81. The lowest BCUT2D eigenvalue weighted by atomic mass is 9.84. The molecule has 16 heavy (non-hydrogen) atoms. The van der Waals surface area contributed by atoms with Crippen LogP contribution in [0.3, 0.4) is 0 Å². The Labute approximate surface area is 91.4 Å². The molecule has 2 radical (unpaired) electrons. The van der Waals surface area contributed by atoms with Crippen LogP contribution in [0.15, 0.2) is 0 Å². The Bertz CT molecular complexity index is 286. The number of alkyl halides is 3. The van der Waals surface area contributed by atoms with E-state index in [0.29, 0.717) is 4.90 Å². The molecule has 1 saturated heterocycles. The van der Waals surface area contributed by atoms with Gasteiger partial charge in [-0.1, -0.05) is 6.92 Å². The third kappa shape index (κ3) is 2.03. The third-order valence-electron chi connectivity index (χ3n) is 2.81. The first-order valence-electron chi connectivity index (χ1n) is 4.65. The van der Waals surface area contributed by atoms with Gasteiger partial charge in [-0.15, -0.1) is 0 Å². The molecule has 4 atom stereocenters. The zero-order chi connectivity index (χ0) is 12.7. The summed E-state index contributed by atoms with van der Waals surface area (Å²) in [5, 5.41) is 18.4. The molecule has 8 heteroatoms. The smallest absolute Gasteiger partial charge is 0.394 e. The van der Waals surface area contributed by atoms with Gasteiger partial charge in [0.25, 0.3) is 0 Å². The maximum absolute atomic E-state index is 12.2. The van der Waals surface area contributed by atoms with E-state index in [1.807, 2.05) is 0 Å². The molecule has 0 aromatic carbocycles. The molecule has 1 rings (SSSR count). The average Bonchev–Trinajstić information content (AvgIpc) is 2.39. The molecule has 4 nitrogen and oxygen atoms in total. The summed E-state index contributed by atoms with van der Waals surface area (Å²) in [7, 11) is 5.41. The Hall–Kier alpha value is -0.755. The van der Waals surface area contributed by atoms with Crippen LogP contribution >= 0.6 is 0 Å². The summed E-state index contributed by atoms with van der Waals surface area (Å²) < 4.78 is 36.7. The van der Waals surface area contributed by atoms with Crippen molar-refractivity contribution in [2.75, 3.05) is 6.61 Å². The standard InChI is InChI=1S/C8H11BF3NO3/c1-3-5(15)4(2-14)13(6(3)9)7(16)8(10,11)12/h3-6,14-15H,2H2,1H3/t3-,4-,5+,6-/m1/s1. The number of carbonyl (C=O) groups excluding carboxylic acids is 1. The second-order valence-electron chi connectivity index (χ2n) is 3.80. The summed E-state index contributed by atoms with van der Waals surface area (Å²) in [6.07, 6.45) is -6.32. The van der Waals surface area contributed by atoms with Crippen molar-refractivity contribution < 1.29 is 28.2 Å². The SMILES string of the molecule is [B][C@H]1[C@H](C)[C@H](O)[C@@H](CO)N1C(=O)C(F)(F)F. The van der Waals surface area contributed by atoms with Gasteiger partial charge in [-0.05, 0) is 11.9 Å². The summed E-state index contributed by atoms with van der Waals surface area (Å²) in [6.45, 7) is 0.655. The van der Waals surface area contributed by atoms with E-state index in [-0.39, 0.29) is 0 Å². The molecule has 0 spiro atoms. The van der Waals surface area contributed by atoms with Gasteiger partial charge in [0, 0.05) is 0 Å². The highest BCUT2D eigenvalue weighted by Gasteiger charge is 2.53. The summed E-state index contributed by atoms with van der Waals surface area (Å²) >= 11 is 0. The van der Waals surface area contributed by atoms with Gasteiger partial charge >= 0.3 is 12.1 Å². The fourth-order valence-electron chi connectivity index (χ4n) is 1.82. The lowest BCUT2D eigenvalue weighted by molar-refractivity contribution is -0.188. The number of halogens is 3.